The van der Waals surface area contributed by atoms with E-state index in [-0.39, 0.29) is 6.42 Å². The number of hydrogen-bond donors (Lipinski definition) is 1. The Morgan fingerprint density at radius 2 is 2.46 bits per heavy atom. The van der Waals surface area contributed by atoms with E-state index in [4.69, 9.17) is 9.84 Å². The average molecular weight is 181 g/mol. The topological polar surface area (TPSA) is 59.4 Å². The molecule has 1 aromatic rings. The number of pyridine rings is 1. The van der Waals surface area contributed by atoms with Crippen LogP contribution in [0.3, 0.4) is 0 Å². The molecule has 0 saturated heterocycles. The van der Waals surface area contributed by atoms with E-state index in [0.717, 1.165) is 0 Å². The van der Waals surface area contributed by atoms with Gasteiger partial charge in [0.25, 0.3) is 0 Å². The number of aliphatic carboxylic acids is 1. The number of carboxylic acids is 1. The summed E-state index contributed by atoms with van der Waals surface area (Å²) >= 11 is 0. The molecule has 1 heterocycles. The number of carbonyl (C=O) groups is 1. The van der Waals surface area contributed by atoms with Gasteiger partial charge >= 0.3 is 5.97 Å². The van der Waals surface area contributed by atoms with Crippen LogP contribution >= 0.6 is 0 Å². The molecule has 0 radical (unpaired) electrons. The molecule has 1 unspecified atom stereocenters. The predicted octanol–water partition coefficient (Wildman–Crippen LogP) is 1.24. The molecule has 4 nitrogen and oxygen atoms in total. The summed E-state index contributed by atoms with van der Waals surface area (Å²) in [6.45, 7) is 0. The lowest BCUT2D eigenvalue weighted by Gasteiger charge is -2.11. The Morgan fingerprint density at radius 3 is 2.92 bits per heavy atom. The third kappa shape index (κ3) is 2.83. The molecule has 0 bridgehead atoms. The third-order valence-corrected chi connectivity index (χ3v) is 1.66. The molecule has 13 heavy (non-hydrogen) atoms. The van der Waals surface area contributed by atoms with Gasteiger partial charge in [0.1, 0.15) is 6.10 Å². The van der Waals surface area contributed by atoms with Crippen molar-refractivity contribution in [3.8, 4) is 0 Å². The minimum absolute atomic E-state index is 0.0620. The number of methoxy groups -OCH3 is 1. The van der Waals surface area contributed by atoms with Crippen molar-refractivity contribution in [2.75, 3.05) is 7.11 Å². The van der Waals surface area contributed by atoms with Gasteiger partial charge < -0.3 is 9.84 Å². The maximum Gasteiger partial charge on any atom is 0.306 e. The smallest absolute Gasteiger partial charge is 0.306 e. The minimum Gasteiger partial charge on any atom is -0.481 e. The standard InChI is InChI=1S/C9H11NO3/c1-13-8(6-9(11)12)7-4-2-3-5-10-7/h2-5,8H,6H2,1H3,(H,11,12). The molecule has 1 aromatic heterocycles. The van der Waals surface area contributed by atoms with E-state index in [1.807, 2.05) is 0 Å². The fourth-order valence-corrected chi connectivity index (χ4v) is 1.03. The molecule has 1 N–H and O–H groups in total. The van der Waals surface area contributed by atoms with Gasteiger partial charge in [-0.05, 0) is 12.1 Å². The lowest BCUT2D eigenvalue weighted by atomic mass is 10.1. The van der Waals surface area contributed by atoms with Gasteiger partial charge in [0.2, 0.25) is 0 Å². The molecule has 0 spiro atoms. The van der Waals surface area contributed by atoms with Gasteiger partial charge in [-0.15, -0.1) is 0 Å². The van der Waals surface area contributed by atoms with Gasteiger partial charge in [-0.1, -0.05) is 6.07 Å². The largest absolute Gasteiger partial charge is 0.481 e. The summed E-state index contributed by atoms with van der Waals surface area (Å²) < 4.78 is 5.00. The maximum absolute atomic E-state index is 10.4. The second kappa shape index (κ2) is 4.57. The molecule has 0 saturated carbocycles. The Kier molecular flexibility index (Phi) is 3.40. The highest BCUT2D eigenvalue weighted by Gasteiger charge is 2.14. The van der Waals surface area contributed by atoms with E-state index in [0.29, 0.717) is 5.69 Å². The first-order valence-corrected chi connectivity index (χ1v) is 3.89. The van der Waals surface area contributed by atoms with E-state index in [9.17, 15) is 4.79 Å². The fraction of sp³-hybridized carbons (Fsp3) is 0.333. The van der Waals surface area contributed by atoms with E-state index in [1.54, 1.807) is 24.4 Å². The molecule has 0 aliphatic rings. The van der Waals surface area contributed by atoms with Crippen LogP contribution in [0.15, 0.2) is 24.4 Å². The fourth-order valence-electron chi connectivity index (χ4n) is 1.03. The highest BCUT2D eigenvalue weighted by molar-refractivity contribution is 5.67. The van der Waals surface area contributed by atoms with Gasteiger partial charge in [-0.2, -0.15) is 0 Å². The van der Waals surface area contributed by atoms with Crippen LogP contribution in [-0.4, -0.2) is 23.2 Å². The molecule has 1 rings (SSSR count). The number of rotatable bonds is 4. The van der Waals surface area contributed by atoms with E-state index in [1.165, 1.54) is 7.11 Å². The summed E-state index contributed by atoms with van der Waals surface area (Å²) in [5.41, 5.74) is 0.646. The van der Waals surface area contributed by atoms with Gasteiger partial charge in [0.15, 0.2) is 0 Å². The molecule has 0 fully saturated rings. The first-order chi connectivity index (χ1) is 6.24. The third-order valence-electron chi connectivity index (χ3n) is 1.66. The Bertz CT molecular complexity index is 273. The molecule has 70 valence electrons. The van der Waals surface area contributed by atoms with Crippen LogP contribution in [0.25, 0.3) is 0 Å². The predicted molar refractivity (Wildman–Crippen MR) is 46.2 cm³/mol. The Labute approximate surface area is 76.2 Å². The van der Waals surface area contributed by atoms with Gasteiger partial charge in [0, 0.05) is 13.3 Å². The zero-order valence-corrected chi connectivity index (χ0v) is 7.30. The molecule has 0 aliphatic heterocycles. The van der Waals surface area contributed by atoms with Crippen LogP contribution in [0.2, 0.25) is 0 Å². The van der Waals surface area contributed by atoms with E-state index >= 15 is 0 Å². The summed E-state index contributed by atoms with van der Waals surface area (Å²) in [6.07, 6.45) is 1.09. The van der Waals surface area contributed by atoms with Gasteiger partial charge in [0.05, 0.1) is 12.1 Å². The van der Waals surface area contributed by atoms with E-state index < -0.39 is 12.1 Å². The second-order valence-corrected chi connectivity index (χ2v) is 2.58. The van der Waals surface area contributed by atoms with Crippen molar-refractivity contribution in [2.24, 2.45) is 0 Å². The van der Waals surface area contributed by atoms with Crippen LogP contribution in [-0.2, 0) is 9.53 Å². The molecular formula is C9H11NO3. The average Bonchev–Trinajstić information content (AvgIpc) is 2.15. The quantitative estimate of drug-likeness (QED) is 0.759. The molecule has 0 aliphatic carbocycles. The zero-order chi connectivity index (χ0) is 9.68. The number of hydrogen-bond acceptors (Lipinski definition) is 3. The lowest BCUT2D eigenvalue weighted by molar-refractivity contribution is -0.139. The molecule has 0 amide bonds. The molecule has 0 aromatic carbocycles. The van der Waals surface area contributed by atoms with Crippen molar-refractivity contribution in [3.05, 3.63) is 30.1 Å². The first kappa shape index (κ1) is 9.67. The van der Waals surface area contributed by atoms with Crippen LogP contribution < -0.4 is 0 Å². The van der Waals surface area contributed by atoms with Crippen molar-refractivity contribution in [3.63, 3.8) is 0 Å². The molecular weight excluding hydrogens is 170 g/mol. The Balaban J connectivity index is 2.73. The SMILES string of the molecule is COC(CC(=O)O)c1ccccn1. The Morgan fingerprint density at radius 1 is 1.69 bits per heavy atom. The van der Waals surface area contributed by atoms with Crippen molar-refractivity contribution in [2.45, 2.75) is 12.5 Å². The van der Waals surface area contributed by atoms with E-state index in [2.05, 4.69) is 4.98 Å². The van der Waals surface area contributed by atoms with Crippen LogP contribution in [0.4, 0.5) is 0 Å². The van der Waals surface area contributed by atoms with Crippen LogP contribution in [0, 0.1) is 0 Å². The van der Waals surface area contributed by atoms with Crippen LogP contribution in [0.1, 0.15) is 18.2 Å². The van der Waals surface area contributed by atoms with Crippen molar-refractivity contribution < 1.29 is 14.6 Å². The lowest BCUT2D eigenvalue weighted by Crippen LogP contribution is -2.09. The summed E-state index contributed by atoms with van der Waals surface area (Å²) in [7, 11) is 1.47. The first-order valence-electron chi connectivity index (χ1n) is 3.89. The normalized spacial score (nSPS) is 12.4. The van der Waals surface area contributed by atoms with Crippen molar-refractivity contribution >= 4 is 5.97 Å². The maximum atomic E-state index is 10.4. The summed E-state index contributed by atoms with van der Waals surface area (Å²) in [5.74, 6) is -0.891. The van der Waals surface area contributed by atoms with Crippen molar-refractivity contribution in [1.82, 2.24) is 4.98 Å². The van der Waals surface area contributed by atoms with Gasteiger partial charge in [-0.25, -0.2) is 0 Å². The summed E-state index contributed by atoms with van der Waals surface area (Å²) in [4.78, 5) is 14.4. The summed E-state index contributed by atoms with van der Waals surface area (Å²) in [5, 5.41) is 8.57. The number of carboxylic acid groups (broad SMARTS) is 1. The summed E-state index contributed by atoms with van der Waals surface area (Å²) in [6, 6.07) is 5.32. The minimum atomic E-state index is -0.891. The number of aromatic nitrogens is 1. The van der Waals surface area contributed by atoms with Crippen LogP contribution in [0.5, 0.6) is 0 Å². The zero-order valence-electron chi connectivity index (χ0n) is 7.30. The molecule has 1 atom stereocenters. The highest BCUT2D eigenvalue weighted by Crippen LogP contribution is 2.17. The van der Waals surface area contributed by atoms with Gasteiger partial charge in [-0.3, -0.25) is 9.78 Å². The molecule has 4 heteroatoms. The number of nitrogens with zero attached hydrogens (tertiary/aromatic N) is 1. The highest BCUT2D eigenvalue weighted by atomic mass is 16.5. The Hall–Kier alpha value is -1.42. The number of ether oxygens (including phenoxy) is 1. The second-order valence-electron chi connectivity index (χ2n) is 2.58. The monoisotopic (exact) mass is 181 g/mol. The van der Waals surface area contributed by atoms with Crippen molar-refractivity contribution in [1.29, 1.82) is 0 Å².